The second-order valence-electron chi connectivity index (χ2n) is 19.2. The molecule has 0 amide bonds. The summed E-state index contributed by atoms with van der Waals surface area (Å²) in [5, 5.41) is 3.48. The molecular weight excluding hydrogens is 849 g/mol. The first kappa shape index (κ1) is 48.1. The number of hydrogen-bond acceptors (Lipinski definition) is 15. The topological polar surface area (TPSA) is 119 Å². The molecule has 1 N–H and O–H groups in total. The number of ketones is 1. The SMILES string of the molecule is CC(=O)c1cccc(CN2CCN3CCN(CC3)Cc3cccc(n3)C2)n1.c1cc2nc(c1)CN1CCN(CCNC2)CC1.c1ccc(CN2CCN3CCN(CC3)Cc3cccc(n3)C2)nc1. The summed E-state index contributed by atoms with van der Waals surface area (Å²) in [4.78, 5) is 55.3. The molecule has 5 aromatic rings. The monoisotopic (exact) mass is 921 g/mol. The van der Waals surface area contributed by atoms with Gasteiger partial charge in [-0.25, -0.2) is 4.98 Å². The standard InChI is InChI=1S/C21H27N5O.C19H25N5.C13H20N4/c1-17(27)21-7-3-6-20(23-21)16-26-13-10-24-8-11-25(12-9-24)14-18-4-2-5-19(15-26)22-18;1-2-7-20-17(4-1)14-24-13-10-22-8-11-23(12-9-22)15-18-5-3-6-19(16-24)21-18;1-2-12-10-14-4-5-16-6-8-17(9-7-16)11-13(3-1)15-12/h2-7H,8-16H2,1H3;1-7H,8-16H2;1-3,14H,4-11H2. The number of fused-ring (bicyclic) bond motifs is 15. The van der Waals surface area contributed by atoms with Gasteiger partial charge in [0.1, 0.15) is 5.69 Å². The number of carbonyl (C=O) groups is 1. The van der Waals surface area contributed by atoms with Crippen molar-refractivity contribution in [3.8, 4) is 0 Å². The third-order valence-electron chi connectivity index (χ3n) is 14.0. The maximum absolute atomic E-state index is 11.7. The Bertz CT molecular complexity index is 2320. The molecule has 360 valence electrons. The summed E-state index contributed by atoms with van der Waals surface area (Å²) in [6.07, 6.45) is 1.88. The highest BCUT2D eigenvalue weighted by Crippen LogP contribution is 2.16. The summed E-state index contributed by atoms with van der Waals surface area (Å²) in [7, 11) is 0. The zero-order chi connectivity index (χ0) is 46.3. The van der Waals surface area contributed by atoms with Gasteiger partial charge in [-0.3, -0.25) is 63.9 Å². The first-order valence-electron chi connectivity index (χ1n) is 25.1. The molecule has 68 heavy (non-hydrogen) atoms. The normalized spacial score (nSPS) is 25.5. The number of piperazine rings is 3. The first-order chi connectivity index (χ1) is 33.4. The van der Waals surface area contributed by atoms with E-state index in [2.05, 4.69) is 121 Å². The minimum absolute atomic E-state index is 0.0118. The summed E-state index contributed by atoms with van der Waals surface area (Å²) in [5.41, 5.74) is 9.59. The molecule has 3 fully saturated rings. The molecule has 14 rings (SSSR count). The van der Waals surface area contributed by atoms with Crippen molar-refractivity contribution in [2.24, 2.45) is 0 Å². The maximum Gasteiger partial charge on any atom is 0.178 e. The Balaban J connectivity index is 0.000000131. The highest BCUT2D eigenvalue weighted by Gasteiger charge is 2.23. The van der Waals surface area contributed by atoms with Crippen LogP contribution >= 0.6 is 0 Å². The summed E-state index contributed by atoms with van der Waals surface area (Å²) in [6.45, 7) is 28.9. The van der Waals surface area contributed by atoms with Crippen molar-refractivity contribution in [3.63, 3.8) is 0 Å². The van der Waals surface area contributed by atoms with Gasteiger partial charge in [0.25, 0.3) is 0 Å². The average Bonchev–Trinajstić information content (AvgIpc) is 3.35. The third-order valence-corrected chi connectivity index (χ3v) is 14.0. The van der Waals surface area contributed by atoms with Crippen molar-refractivity contribution in [1.82, 2.24) is 69.4 Å². The van der Waals surface area contributed by atoms with Crippen LogP contribution in [0.25, 0.3) is 0 Å². The number of Topliss-reactive ketones (excluding diaryl/α,β-unsaturated/α-hetero) is 1. The highest BCUT2D eigenvalue weighted by molar-refractivity contribution is 5.92. The summed E-state index contributed by atoms with van der Waals surface area (Å²) in [6, 6.07) is 31.1. The Morgan fingerprint density at radius 2 is 0.838 bits per heavy atom. The van der Waals surface area contributed by atoms with Crippen LogP contribution < -0.4 is 5.32 Å². The number of nitrogens with zero attached hydrogens (tertiary/aromatic N) is 13. The Labute approximate surface area is 404 Å². The molecule has 5 aromatic heterocycles. The molecule has 15 heteroatoms. The van der Waals surface area contributed by atoms with Crippen LogP contribution in [-0.4, -0.2) is 188 Å². The number of pyridine rings is 5. The molecule has 0 spiro atoms. The van der Waals surface area contributed by atoms with Crippen LogP contribution in [-0.2, 0) is 52.4 Å². The smallest absolute Gasteiger partial charge is 0.178 e. The van der Waals surface area contributed by atoms with E-state index in [9.17, 15) is 4.79 Å². The quantitative estimate of drug-likeness (QED) is 0.258. The van der Waals surface area contributed by atoms with Crippen molar-refractivity contribution < 1.29 is 4.79 Å². The first-order valence-corrected chi connectivity index (χ1v) is 25.1. The second kappa shape index (κ2) is 24.6. The molecule has 0 radical (unpaired) electrons. The highest BCUT2D eigenvalue weighted by atomic mass is 16.1. The van der Waals surface area contributed by atoms with Gasteiger partial charge in [-0.1, -0.05) is 30.3 Å². The fourth-order valence-electron chi connectivity index (χ4n) is 9.95. The minimum atomic E-state index is 0.0118. The van der Waals surface area contributed by atoms with E-state index in [-0.39, 0.29) is 5.78 Å². The van der Waals surface area contributed by atoms with Crippen LogP contribution in [0.1, 0.15) is 63.0 Å². The van der Waals surface area contributed by atoms with Crippen molar-refractivity contribution in [3.05, 3.63) is 148 Å². The van der Waals surface area contributed by atoms with E-state index in [1.165, 1.54) is 37.6 Å². The summed E-state index contributed by atoms with van der Waals surface area (Å²) in [5.74, 6) is 0.0118. The van der Waals surface area contributed by atoms with Crippen LogP contribution in [0.15, 0.2) is 97.2 Å². The van der Waals surface area contributed by atoms with E-state index in [4.69, 9.17) is 15.0 Å². The lowest BCUT2D eigenvalue weighted by atomic mass is 10.2. The average molecular weight is 921 g/mol. The fraction of sp³-hybridized carbons (Fsp3) is 0.509. The Hall–Kier alpha value is -4.94. The fourth-order valence-corrected chi connectivity index (χ4v) is 9.95. The molecule has 0 unspecified atom stereocenters. The molecule has 14 heterocycles. The molecule has 3 saturated heterocycles. The van der Waals surface area contributed by atoms with Crippen LogP contribution in [0, 0.1) is 0 Å². The number of hydrogen-bond donors (Lipinski definition) is 1. The zero-order valence-electron chi connectivity index (χ0n) is 40.3. The Morgan fingerprint density at radius 1 is 0.426 bits per heavy atom. The lowest BCUT2D eigenvalue weighted by Crippen LogP contribution is -2.48. The van der Waals surface area contributed by atoms with E-state index in [0.29, 0.717) is 5.69 Å². The Morgan fingerprint density at radius 3 is 1.34 bits per heavy atom. The number of rotatable bonds is 5. The molecule has 0 aliphatic carbocycles. The largest absolute Gasteiger partial charge is 0.310 e. The minimum Gasteiger partial charge on any atom is -0.310 e. The number of carbonyl (C=O) groups excluding carboxylic acids is 1. The number of aromatic nitrogens is 5. The van der Waals surface area contributed by atoms with Crippen LogP contribution in [0.5, 0.6) is 0 Å². The van der Waals surface area contributed by atoms with Crippen molar-refractivity contribution in [2.75, 3.05) is 118 Å². The van der Waals surface area contributed by atoms with E-state index in [0.717, 1.165) is 178 Å². The lowest BCUT2D eigenvalue weighted by molar-refractivity contribution is 0.101. The molecule has 9 aliphatic heterocycles. The molecule has 0 saturated carbocycles. The van der Waals surface area contributed by atoms with Gasteiger partial charge in [-0.05, 0) is 60.7 Å². The van der Waals surface area contributed by atoms with Gasteiger partial charge >= 0.3 is 0 Å². The van der Waals surface area contributed by atoms with Crippen LogP contribution in [0.2, 0.25) is 0 Å². The molecule has 15 nitrogen and oxygen atoms in total. The van der Waals surface area contributed by atoms with Gasteiger partial charge in [-0.2, -0.15) is 0 Å². The van der Waals surface area contributed by atoms with E-state index in [1.54, 1.807) is 13.0 Å². The molecule has 12 bridgehead atoms. The zero-order valence-corrected chi connectivity index (χ0v) is 40.3. The molecule has 9 aliphatic rings. The lowest BCUT2D eigenvalue weighted by Gasteiger charge is -2.36. The number of nitrogens with one attached hydrogen (secondary N) is 1. The molecule has 0 atom stereocenters. The van der Waals surface area contributed by atoms with Gasteiger partial charge in [0.2, 0.25) is 0 Å². The molecular formula is C53H72N14O. The van der Waals surface area contributed by atoms with Gasteiger partial charge in [0.05, 0.1) is 45.6 Å². The second-order valence-corrected chi connectivity index (χ2v) is 19.2. The van der Waals surface area contributed by atoms with Gasteiger partial charge in [0.15, 0.2) is 5.78 Å². The predicted molar refractivity (Wildman–Crippen MR) is 266 cm³/mol. The van der Waals surface area contributed by atoms with Gasteiger partial charge < -0.3 is 5.32 Å². The van der Waals surface area contributed by atoms with Crippen molar-refractivity contribution in [1.29, 1.82) is 0 Å². The maximum atomic E-state index is 11.7. The van der Waals surface area contributed by atoms with Crippen LogP contribution in [0.4, 0.5) is 0 Å². The van der Waals surface area contributed by atoms with Gasteiger partial charge in [-0.15, -0.1) is 0 Å². The molecule has 0 aromatic carbocycles. The Kier molecular flexibility index (Phi) is 17.4. The van der Waals surface area contributed by atoms with E-state index < -0.39 is 0 Å². The predicted octanol–water partition coefficient (Wildman–Crippen LogP) is 3.73. The van der Waals surface area contributed by atoms with E-state index in [1.807, 2.05) is 24.4 Å². The summed E-state index contributed by atoms with van der Waals surface area (Å²) >= 11 is 0. The summed E-state index contributed by atoms with van der Waals surface area (Å²) < 4.78 is 0. The van der Waals surface area contributed by atoms with Crippen molar-refractivity contribution in [2.45, 2.75) is 59.3 Å². The van der Waals surface area contributed by atoms with E-state index >= 15 is 0 Å². The van der Waals surface area contributed by atoms with Crippen molar-refractivity contribution >= 4 is 5.78 Å². The van der Waals surface area contributed by atoms with Gasteiger partial charge in [0, 0.05) is 183 Å². The van der Waals surface area contributed by atoms with Crippen LogP contribution in [0.3, 0.4) is 0 Å². The third kappa shape index (κ3) is 14.8.